The summed E-state index contributed by atoms with van der Waals surface area (Å²) in [6.45, 7) is 2.97. The van der Waals surface area contributed by atoms with Crippen LogP contribution < -0.4 is 16.0 Å². The maximum atomic E-state index is 12.4. The van der Waals surface area contributed by atoms with Gasteiger partial charge in [-0.3, -0.25) is 10.8 Å². The number of anilines is 1. The Kier molecular flexibility index (Phi) is 4.04. The van der Waals surface area contributed by atoms with Gasteiger partial charge in [0, 0.05) is 31.1 Å². The molecule has 1 aliphatic heterocycles. The number of aromatic nitrogens is 1. The third-order valence-electron chi connectivity index (χ3n) is 3.21. The normalized spacial score (nSPS) is 19.1. The van der Waals surface area contributed by atoms with Crippen molar-refractivity contribution in [1.29, 1.82) is 0 Å². The summed E-state index contributed by atoms with van der Waals surface area (Å²) in [5.41, 5.74) is 2.18. The van der Waals surface area contributed by atoms with Crippen LogP contribution in [0.15, 0.2) is 23.4 Å². The predicted molar refractivity (Wildman–Crippen MR) is 70.8 cm³/mol. The van der Waals surface area contributed by atoms with Gasteiger partial charge in [0.1, 0.15) is 4.90 Å². The molecule has 4 N–H and O–H groups in total. The lowest BCUT2D eigenvalue weighted by molar-refractivity contribution is 0.0537. The van der Waals surface area contributed by atoms with Gasteiger partial charge in [-0.25, -0.2) is 13.1 Å². The first-order valence-electron chi connectivity index (χ1n) is 5.99. The molecule has 0 unspecified atom stereocenters. The number of nitrogens with zero attached hydrogens (tertiary/aromatic N) is 1. The monoisotopic (exact) mass is 286 g/mol. The summed E-state index contributed by atoms with van der Waals surface area (Å²) in [6, 6.07) is 1.51. The van der Waals surface area contributed by atoms with Crippen molar-refractivity contribution in [2.24, 2.45) is 5.84 Å². The number of hydrogen-bond acceptors (Lipinski definition) is 6. The topological polar surface area (TPSA) is 106 Å². The third-order valence-corrected chi connectivity index (χ3v) is 4.87. The predicted octanol–water partition coefficient (Wildman–Crippen LogP) is 0.215. The second kappa shape index (κ2) is 5.41. The van der Waals surface area contributed by atoms with Gasteiger partial charge >= 0.3 is 0 Å². The van der Waals surface area contributed by atoms with E-state index in [9.17, 15) is 8.42 Å². The zero-order valence-corrected chi connectivity index (χ0v) is 11.5. The van der Waals surface area contributed by atoms with Gasteiger partial charge in [0.2, 0.25) is 10.0 Å². The summed E-state index contributed by atoms with van der Waals surface area (Å²) < 4.78 is 32.8. The van der Waals surface area contributed by atoms with Crippen LogP contribution in [0, 0.1) is 0 Å². The van der Waals surface area contributed by atoms with Crippen molar-refractivity contribution >= 4 is 15.7 Å². The van der Waals surface area contributed by atoms with Crippen molar-refractivity contribution < 1.29 is 13.2 Å². The van der Waals surface area contributed by atoms with Gasteiger partial charge in [-0.15, -0.1) is 0 Å². The molecule has 0 saturated carbocycles. The molecule has 0 aromatic carbocycles. The fraction of sp³-hybridized carbons (Fsp3) is 0.545. The molecule has 1 aliphatic rings. The van der Waals surface area contributed by atoms with Crippen LogP contribution in [-0.4, -0.2) is 32.2 Å². The van der Waals surface area contributed by atoms with Gasteiger partial charge in [-0.1, -0.05) is 0 Å². The molecule has 0 amide bonds. The van der Waals surface area contributed by atoms with Crippen molar-refractivity contribution in [3.8, 4) is 0 Å². The SMILES string of the molecule is CC1(NS(=O)(=O)c2cnccc2NN)CCOCC1. The Labute approximate surface area is 112 Å². The summed E-state index contributed by atoms with van der Waals surface area (Å²) in [4.78, 5) is 3.88. The van der Waals surface area contributed by atoms with Crippen molar-refractivity contribution in [2.45, 2.75) is 30.2 Å². The van der Waals surface area contributed by atoms with Gasteiger partial charge in [-0.2, -0.15) is 0 Å². The fourth-order valence-corrected chi connectivity index (χ4v) is 3.60. The number of hydrogen-bond donors (Lipinski definition) is 3. The summed E-state index contributed by atoms with van der Waals surface area (Å²) in [6.07, 6.45) is 4.03. The lowest BCUT2D eigenvalue weighted by Crippen LogP contribution is -2.49. The van der Waals surface area contributed by atoms with E-state index in [1.54, 1.807) is 0 Å². The molecule has 1 fully saturated rings. The van der Waals surface area contributed by atoms with E-state index in [2.05, 4.69) is 15.1 Å². The van der Waals surface area contributed by atoms with E-state index in [1.807, 2.05) is 6.92 Å². The highest BCUT2D eigenvalue weighted by molar-refractivity contribution is 7.89. The van der Waals surface area contributed by atoms with Crippen LogP contribution in [0.5, 0.6) is 0 Å². The number of nitrogens with two attached hydrogens (primary N) is 1. The van der Waals surface area contributed by atoms with Gasteiger partial charge < -0.3 is 10.2 Å². The number of hydrazine groups is 1. The Balaban J connectivity index is 2.27. The highest BCUT2D eigenvalue weighted by Crippen LogP contribution is 2.25. The summed E-state index contributed by atoms with van der Waals surface area (Å²) >= 11 is 0. The van der Waals surface area contributed by atoms with Crippen LogP contribution in [0.4, 0.5) is 5.69 Å². The third kappa shape index (κ3) is 3.21. The van der Waals surface area contributed by atoms with Crippen LogP contribution in [0.2, 0.25) is 0 Å². The van der Waals surface area contributed by atoms with Gasteiger partial charge in [0.15, 0.2) is 0 Å². The van der Waals surface area contributed by atoms with E-state index in [0.29, 0.717) is 31.7 Å². The van der Waals surface area contributed by atoms with E-state index < -0.39 is 15.6 Å². The number of rotatable bonds is 4. The Bertz CT molecular complexity index is 541. The fourth-order valence-electron chi connectivity index (χ4n) is 2.02. The number of sulfonamides is 1. The highest BCUT2D eigenvalue weighted by atomic mass is 32.2. The van der Waals surface area contributed by atoms with Crippen molar-refractivity contribution in [1.82, 2.24) is 9.71 Å². The maximum absolute atomic E-state index is 12.4. The Morgan fingerprint density at radius 1 is 1.42 bits per heavy atom. The Hall–Kier alpha value is -1.22. The smallest absolute Gasteiger partial charge is 0.244 e. The molecule has 7 nitrogen and oxygen atoms in total. The number of nitrogen functional groups attached to an aromatic ring is 1. The zero-order chi connectivity index (χ0) is 13.9. The molecule has 0 spiro atoms. The molecule has 106 valence electrons. The standard InChI is InChI=1S/C11H18N4O3S/c1-11(3-6-18-7-4-11)15-19(16,17)10-8-13-5-2-9(10)14-12/h2,5,8,15H,3-4,6-7,12H2,1H3,(H,13,14). The van der Waals surface area contributed by atoms with Crippen molar-refractivity contribution in [2.75, 3.05) is 18.6 Å². The van der Waals surface area contributed by atoms with Crippen LogP contribution in [0.3, 0.4) is 0 Å². The zero-order valence-electron chi connectivity index (χ0n) is 10.7. The van der Waals surface area contributed by atoms with Crippen LogP contribution >= 0.6 is 0 Å². The first-order chi connectivity index (χ1) is 8.97. The molecular weight excluding hydrogens is 268 g/mol. The molecule has 0 aliphatic carbocycles. The number of ether oxygens (including phenoxy) is 1. The second-order valence-electron chi connectivity index (χ2n) is 4.79. The Morgan fingerprint density at radius 2 is 2.11 bits per heavy atom. The molecule has 1 aromatic heterocycles. The molecule has 0 atom stereocenters. The van der Waals surface area contributed by atoms with E-state index >= 15 is 0 Å². The molecule has 8 heteroatoms. The molecule has 19 heavy (non-hydrogen) atoms. The largest absolute Gasteiger partial charge is 0.381 e. The quantitative estimate of drug-likeness (QED) is 0.540. The molecule has 2 rings (SSSR count). The van der Waals surface area contributed by atoms with Crippen LogP contribution in [0.25, 0.3) is 0 Å². The first-order valence-corrected chi connectivity index (χ1v) is 7.47. The van der Waals surface area contributed by atoms with E-state index in [-0.39, 0.29) is 4.90 Å². The van der Waals surface area contributed by atoms with E-state index in [4.69, 9.17) is 10.6 Å². The minimum Gasteiger partial charge on any atom is -0.381 e. The van der Waals surface area contributed by atoms with Gasteiger partial charge in [0.25, 0.3) is 0 Å². The summed E-state index contributed by atoms with van der Waals surface area (Å²) in [5.74, 6) is 5.32. The molecule has 1 saturated heterocycles. The highest BCUT2D eigenvalue weighted by Gasteiger charge is 2.33. The van der Waals surface area contributed by atoms with Crippen molar-refractivity contribution in [3.63, 3.8) is 0 Å². The minimum absolute atomic E-state index is 0.0465. The van der Waals surface area contributed by atoms with Gasteiger partial charge in [0.05, 0.1) is 5.69 Å². The lowest BCUT2D eigenvalue weighted by atomic mass is 9.94. The minimum atomic E-state index is -3.67. The Morgan fingerprint density at radius 3 is 2.74 bits per heavy atom. The average Bonchev–Trinajstić information content (AvgIpc) is 2.38. The molecule has 2 heterocycles. The van der Waals surface area contributed by atoms with Gasteiger partial charge in [-0.05, 0) is 25.8 Å². The van der Waals surface area contributed by atoms with Crippen LogP contribution in [-0.2, 0) is 14.8 Å². The summed E-state index contributed by atoms with van der Waals surface area (Å²) in [5, 5.41) is 0. The van der Waals surface area contributed by atoms with E-state index in [1.165, 1.54) is 18.5 Å². The second-order valence-corrected chi connectivity index (χ2v) is 6.45. The van der Waals surface area contributed by atoms with E-state index in [0.717, 1.165) is 0 Å². The average molecular weight is 286 g/mol. The summed E-state index contributed by atoms with van der Waals surface area (Å²) in [7, 11) is -3.67. The molecule has 1 aromatic rings. The molecular formula is C11H18N4O3S. The lowest BCUT2D eigenvalue weighted by Gasteiger charge is -2.34. The molecule has 0 radical (unpaired) electrons. The first kappa shape index (κ1) is 14.2. The maximum Gasteiger partial charge on any atom is 0.244 e. The number of nitrogens with one attached hydrogen (secondary N) is 2. The number of pyridine rings is 1. The van der Waals surface area contributed by atoms with Crippen LogP contribution in [0.1, 0.15) is 19.8 Å². The van der Waals surface area contributed by atoms with Crippen molar-refractivity contribution in [3.05, 3.63) is 18.5 Å². The molecule has 0 bridgehead atoms.